The van der Waals surface area contributed by atoms with Gasteiger partial charge in [-0.25, -0.2) is 0 Å². The Labute approximate surface area is 168 Å². The van der Waals surface area contributed by atoms with Crippen LogP contribution in [0.2, 0.25) is 0 Å². The number of aliphatic hydroxyl groups is 1. The van der Waals surface area contributed by atoms with Crippen LogP contribution in [0.15, 0.2) is 24.3 Å². The van der Waals surface area contributed by atoms with Crippen LogP contribution >= 0.6 is 0 Å². The molecule has 0 unspecified atom stereocenters. The maximum absolute atomic E-state index is 12.5. The quantitative estimate of drug-likeness (QED) is 0.729. The Balaban J connectivity index is 0.000000878. The molecule has 2 fully saturated rings. The van der Waals surface area contributed by atoms with Crippen molar-refractivity contribution in [2.45, 2.75) is 45.4 Å². The van der Waals surface area contributed by atoms with Crippen LogP contribution in [-0.4, -0.2) is 71.7 Å². The van der Waals surface area contributed by atoms with Gasteiger partial charge in [0.1, 0.15) is 0 Å². The average Bonchev–Trinajstić information content (AvgIpc) is 3.21. The Morgan fingerprint density at radius 2 is 1.68 bits per heavy atom. The lowest BCUT2D eigenvalue weighted by molar-refractivity contribution is -0.134. The molecule has 2 aliphatic rings. The van der Waals surface area contributed by atoms with E-state index in [2.05, 4.69) is 36.1 Å². The maximum Gasteiger partial charge on any atom is 0.290 e. The van der Waals surface area contributed by atoms with E-state index in [1.165, 1.54) is 37.1 Å². The molecule has 0 radical (unpaired) electrons. The molecule has 1 aromatic carbocycles. The monoisotopic (exact) mass is 390 g/mol. The molecule has 0 bridgehead atoms. The fourth-order valence-corrected chi connectivity index (χ4v) is 4.18. The molecule has 6 heteroatoms. The number of aliphatic hydroxyl groups excluding tert-OH is 1. The molecule has 2 N–H and O–H groups in total. The highest BCUT2D eigenvalue weighted by Gasteiger charge is 2.37. The summed E-state index contributed by atoms with van der Waals surface area (Å²) >= 11 is 0. The molecule has 1 aromatic rings. The lowest BCUT2D eigenvalue weighted by Crippen LogP contribution is -2.49. The predicted molar refractivity (Wildman–Crippen MR) is 109 cm³/mol. The van der Waals surface area contributed by atoms with Crippen molar-refractivity contribution < 1.29 is 19.8 Å². The van der Waals surface area contributed by atoms with E-state index in [9.17, 15) is 9.90 Å². The molecule has 2 heterocycles. The average molecular weight is 391 g/mol. The zero-order valence-electron chi connectivity index (χ0n) is 17.0. The number of hydrogen-bond acceptors (Lipinski definition) is 4. The Morgan fingerprint density at radius 3 is 2.21 bits per heavy atom. The number of hydrogen-bond donors (Lipinski definition) is 2. The lowest BCUT2D eigenvalue weighted by atomic mass is 9.78. The summed E-state index contributed by atoms with van der Waals surface area (Å²) in [6.07, 6.45) is 5.82. The van der Waals surface area contributed by atoms with Gasteiger partial charge in [0.25, 0.3) is 6.47 Å². The minimum absolute atomic E-state index is 0.00191. The third kappa shape index (κ3) is 6.60. The molecule has 2 saturated heterocycles. The number of carbonyl (C=O) groups excluding carboxylic acids is 1. The smallest absolute Gasteiger partial charge is 0.290 e. The van der Waals surface area contributed by atoms with Crippen molar-refractivity contribution in [2.75, 3.05) is 39.3 Å². The maximum atomic E-state index is 12.5. The van der Waals surface area contributed by atoms with Crippen molar-refractivity contribution in [3.8, 4) is 0 Å². The Kier molecular flexibility index (Phi) is 8.93. The zero-order valence-corrected chi connectivity index (χ0v) is 17.0. The van der Waals surface area contributed by atoms with E-state index in [-0.39, 0.29) is 24.4 Å². The zero-order chi connectivity index (χ0) is 20.4. The van der Waals surface area contributed by atoms with Crippen LogP contribution in [0.4, 0.5) is 0 Å². The number of carboxylic acid groups (broad SMARTS) is 1. The Bertz CT molecular complexity index is 603. The SMILES string of the molecule is Cc1ccc(CCC(=O)N2CCC(CO)(CN3CCCC3)CC2)cc1.O=CO. The number of rotatable bonds is 6. The number of nitrogens with zero attached hydrogens (tertiary/aromatic N) is 2. The van der Waals surface area contributed by atoms with Gasteiger partial charge in [0.15, 0.2) is 0 Å². The number of benzene rings is 1. The molecular weight excluding hydrogens is 356 g/mol. The van der Waals surface area contributed by atoms with Crippen LogP contribution in [0.3, 0.4) is 0 Å². The van der Waals surface area contributed by atoms with Crippen molar-refractivity contribution >= 4 is 12.4 Å². The molecule has 0 aliphatic carbocycles. The van der Waals surface area contributed by atoms with Gasteiger partial charge in [0, 0.05) is 31.5 Å². The second kappa shape index (κ2) is 11.2. The summed E-state index contributed by atoms with van der Waals surface area (Å²) in [5.41, 5.74) is 2.48. The van der Waals surface area contributed by atoms with Gasteiger partial charge in [0.2, 0.25) is 5.91 Å². The van der Waals surface area contributed by atoms with E-state index >= 15 is 0 Å². The number of piperidine rings is 1. The number of amides is 1. The molecule has 0 aromatic heterocycles. The Morgan fingerprint density at radius 1 is 1.11 bits per heavy atom. The van der Waals surface area contributed by atoms with Crippen molar-refractivity contribution in [3.63, 3.8) is 0 Å². The summed E-state index contributed by atoms with van der Waals surface area (Å²) in [6.45, 7) is 6.99. The first-order chi connectivity index (χ1) is 13.5. The van der Waals surface area contributed by atoms with Gasteiger partial charge in [-0.05, 0) is 57.7 Å². The fourth-order valence-electron chi connectivity index (χ4n) is 4.18. The second-order valence-corrected chi connectivity index (χ2v) is 8.11. The highest BCUT2D eigenvalue weighted by Crippen LogP contribution is 2.33. The van der Waals surface area contributed by atoms with Gasteiger partial charge >= 0.3 is 0 Å². The highest BCUT2D eigenvalue weighted by molar-refractivity contribution is 5.76. The largest absolute Gasteiger partial charge is 0.483 e. The standard InChI is InChI=1S/C21H32N2O2.CH2O2/c1-18-4-6-19(7-5-18)8-9-20(25)23-14-10-21(17-24,11-15-23)16-22-12-2-3-13-22;2-1-3/h4-7,24H,2-3,8-17H2,1H3;1H,(H,2,3). The van der Waals surface area contributed by atoms with E-state index in [0.29, 0.717) is 6.42 Å². The first kappa shape index (κ1) is 22.4. The predicted octanol–water partition coefficient (Wildman–Crippen LogP) is 2.33. The van der Waals surface area contributed by atoms with Gasteiger partial charge in [-0.2, -0.15) is 0 Å². The summed E-state index contributed by atoms with van der Waals surface area (Å²) < 4.78 is 0. The normalized spacial score (nSPS) is 19.0. The third-order valence-electron chi connectivity index (χ3n) is 6.02. The molecule has 156 valence electrons. The van der Waals surface area contributed by atoms with E-state index in [4.69, 9.17) is 9.90 Å². The lowest BCUT2D eigenvalue weighted by Gasteiger charge is -2.42. The molecule has 3 rings (SSSR count). The van der Waals surface area contributed by atoms with Gasteiger partial charge in [0.05, 0.1) is 6.61 Å². The molecule has 6 nitrogen and oxygen atoms in total. The molecule has 0 atom stereocenters. The summed E-state index contributed by atoms with van der Waals surface area (Å²) in [5, 5.41) is 16.9. The van der Waals surface area contributed by atoms with Gasteiger partial charge in [-0.3, -0.25) is 9.59 Å². The van der Waals surface area contributed by atoms with Crippen LogP contribution in [-0.2, 0) is 16.0 Å². The van der Waals surface area contributed by atoms with E-state index < -0.39 is 0 Å². The van der Waals surface area contributed by atoms with Gasteiger partial charge < -0.3 is 20.0 Å². The molecule has 28 heavy (non-hydrogen) atoms. The highest BCUT2D eigenvalue weighted by atomic mass is 16.3. The molecule has 1 amide bonds. The molecule has 2 aliphatic heterocycles. The molecule has 0 saturated carbocycles. The van der Waals surface area contributed by atoms with Crippen LogP contribution < -0.4 is 0 Å². The fraction of sp³-hybridized carbons (Fsp3) is 0.636. The van der Waals surface area contributed by atoms with E-state index in [1.807, 2.05) is 4.90 Å². The summed E-state index contributed by atoms with van der Waals surface area (Å²) in [4.78, 5) is 25.4. The van der Waals surface area contributed by atoms with Crippen LogP contribution in [0.1, 0.15) is 43.2 Å². The number of aryl methyl sites for hydroxylation is 2. The first-order valence-corrected chi connectivity index (χ1v) is 10.3. The topological polar surface area (TPSA) is 81.1 Å². The van der Waals surface area contributed by atoms with Gasteiger partial charge in [-0.1, -0.05) is 29.8 Å². The van der Waals surface area contributed by atoms with Gasteiger partial charge in [-0.15, -0.1) is 0 Å². The van der Waals surface area contributed by atoms with E-state index in [1.54, 1.807) is 0 Å². The minimum atomic E-state index is -0.250. The summed E-state index contributed by atoms with van der Waals surface area (Å²) in [6, 6.07) is 8.45. The third-order valence-corrected chi connectivity index (χ3v) is 6.02. The number of carbonyl (C=O) groups is 2. The summed E-state index contributed by atoms with van der Waals surface area (Å²) in [5.74, 6) is 0.258. The van der Waals surface area contributed by atoms with E-state index in [0.717, 1.165) is 38.9 Å². The van der Waals surface area contributed by atoms with Crippen LogP contribution in [0, 0.1) is 12.3 Å². The summed E-state index contributed by atoms with van der Waals surface area (Å²) in [7, 11) is 0. The number of likely N-dealkylation sites (tertiary alicyclic amines) is 2. The second-order valence-electron chi connectivity index (χ2n) is 8.11. The molecular formula is C22H34N2O4. The van der Waals surface area contributed by atoms with Crippen LogP contribution in [0.5, 0.6) is 0 Å². The minimum Gasteiger partial charge on any atom is -0.483 e. The van der Waals surface area contributed by atoms with Crippen molar-refractivity contribution in [3.05, 3.63) is 35.4 Å². The first-order valence-electron chi connectivity index (χ1n) is 10.3. The van der Waals surface area contributed by atoms with Crippen LogP contribution in [0.25, 0.3) is 0 Å². The van der Waals surface area contributed by atoms with Crippen molar-refractivity contribution in [1.82, 2.24) is 9.80 Å². The van der Waals surface area contributed by atoms with Crippen molar-refractivity contribution in [1.29, 1.82) is 0 Å². The van der Waals surface area contributed by atoms with Crippen molar-refractivity contribution in [2.24, 2.45) is 5.41 Å². The molecule has 0 spiro atoms. The Hall–Kier alpha value is -1.92.